The fourth-order valence-electron chi connectivity index (χ4n) is 3.32. The lowest BCUT2D eigenvalue weighted by Gasteiger charge is -2.28. The van der Waals surface area contributed by atoms with Gasteiger partial charge in [-0.15, -0.1) is 12.4 Å². The fourth-order valence-corrected chi connectivity index (χ4v) is 3.32. The van der Waals surface area contributed by atoms with Crippen LogP contribution in [-0.2, 0) is 11.8 Å². The van der Waals surface area contributed by atoms with Crippen LogP contribution in [0.5, 0.6) is 0 Å². The Kier molecular flexibility index (Phi) is 6.37. The highest BCUT2D eigenvalue weighted by molar-refractivity contribution is 5.85. The smallest absolute Gasteiger partial charge is 0.342 e. The number of hydrogen-bond acceptors (Lipinski definition) is 3. The lowest BCUT2D eigenvalue weighted by Crippen LogP contribution is -2.41. The molecule has 1 saturated heterocycles. The van der Waals surface area contributed by atoms with Crippen molar-refractivity contribution in [2.75, 3.05) is 26.2 Å². The van der Waals surface area contributed by atoms with Crippen molar-refractivity contribution in [1.82, 2.24) is 20.0 Å². The lowest BCUT2D eigenvalue weighted by atomic mass is 9.89. The Labute approximate surface area is 151 Å². The molecule has 9 heteroatoms. The molecule has 1 N–H and O–H groups in total. The molecule has 142 valence electrons. The Morgan fingerprint density at radius 2 is 2.12 bits per heavy atom. The maximum Gasteiger partial charge on any atom is 0.390 e. The van der Waals surface area contributed by atoms with E-state index in [4.69, 9.17) is 0 Å². The second kappa shape index (κ2) is 7.95. The predicted molar refractivity (Wildman–Crippen MR) is 89.5 cm³/mol. The third-order valence-electron chi connectivity index (χ3n) is 4.84. The van der Waals surface area contributed by atoms with E-state index in [1.807, 2.05) is 13.2 Å². The second-order valence-corrected chi connectivity index (χ2v) is 6.91. The molecule has 25 heavy (non-hydrogen) atoms. The molecule has 2 heterocycles. The molecule has 1 aliphatic heterocycles. The number of aryl methyl sites for hydroxylation is 1. The van der Waals surface area contributed by atoms with E-state index in [0.29, 0.717) is 25.6 Å². The zero-order valence-electron chi connectivity index (χ0n) is 14.1. The summed E-state index contributed by atoms with van der Waals surface area (Å²) in [6, 6.07) is 0. The number of alkyl halides is 3. The lowest BCUT2D eigenvalue weighted by molar-refractivity contribution is -0.147. The molecule has 0 unspecified atom stereocenters. The zero-order valence-corrected chi connectivity index (χ0v) is 14.9. The number of amides is 1. The van der Waals surface area contributed by atoms with Gasteiger partial charge in [0.05, 0.1) is 18.5 Å². The van der Waals surface area contributed by atoms with Crippen LogP contribution in [0.15, 0.2) is 12.4 Å². The highest BCUT2D eigenvalue weighted by Gasteiger charge is 2.39. The largest absolute Gasteiger partial charge is 0.390 e. The molecule has 3 rings (SSSR count). The average Bonchev–Trinajstić information content (AvgIpc) is 3.01. The van der Waals surface area contributed by atoms with Crippen LogP contribution in [0.3, 0.4) is 0 Å². The maximum absolute atomic E-state index is 12.9. The van der Waals surface area contributed by atoms with E-state index in [1.165, 1.54) is 4.90 Å². The van der Waals surface area contributed by atoms with Crippen LogP contribution in [0.4, 0.5) is 13.2 Å². The Bertz CT molecular complexity index is 588. The molecule has 1 saturated carbocycles. The summed E-state index contributed by atoms with van der Waals surface area (Å²) in [5.41, 5.74) is 0.961. The van der Waals surface area contributed by atoms with E-state index in [2.05, 4.69) is 10.4 Å². The van der Waals surface area contributed by atoms with Crippen molar-refractivity contribution in [3.63, 3.8) is 0 Å². The van der Waals surface area contributed by atoms with Crippen molar-refractivity contribution in [3.05, 3.63) is 18.0 Å². The molecule has 0 radical (unpaired) electrons. The van der Waals surface area contributed by atoms with Gasteiger partial charge in [-0.25, -0.2) is 0 Å². The number of aromatic nitrogens is 2. The van der Waals surface area contributed by atoms with Gasteiger partial charge in [-0.2, -0.15) is 18.3 Å². The molecule has 2 aliphatic rings. The maximum atomic E-state index is 12.9. The molecule has 5 nitrogen and oxygen atoms in total. The minimum absolute atomic E-state index is 0. The molecule has 1 aliphatic carbocycles. The van der Waals surface area contributed by atoms with Gasteiger partial charge in [-0.05, 0) is 24.3 Å². The highest BCUT2D eigenvalue weighted by Crippen LogP contribution is 2.34. The van der Waals surface area contributed by atoms with E-state index < -0.39 is 12.6 Å². The molecule has 2 fully saturated rings. The van der Waals surface area contributed by atoms with Crippen LogP contribution < -0.4 is 5.32 Å². The first-order chi connectivity index (χ1) is 11.3. The average molecular weight is 381 g/mol. The SMILES string of the molecule is Cl.Cn1cc([C@H]2CNC[C@@H]2C(=O)N(CCC(F)(F)F)CC2CC2)cn1. The summed E-state index contributed by atoms with van der Waals surface area (Å²) in [7, 11) is 1.81. The summed E-state index contributed by atoms with van der Waals surface area (Å²) in [5.74, 6) is -0.140. The number of carbonyl (C=O) groups excluding carboxylic acids is 1. The van der Waals surface area contributed by atoms with Crippen LogP contribution in [0.25, 0.3) is 0 Å². The van der Waals surface area contributed by atoms with Crippen molar-refractivity contribution < 1.29 is 18.0 Å². The third-order valence-corrected chi connectivity index (χ3v) is 4.84. The Morgan fingerprint density at radius 1 is 1.40 bits per heavy atom. The van der Waals surface area contributed by atoms with Crippen LogP contribution in [-0.4, -0.2) is 52.9 Å². The standard InChI is InChI=1S/C16H23F3N4O.ClH/c1-22-10-12(6-21-22)13-7-20-8-14(13)15(24)23(9-11-2-3-11)5-4-16(17,18)19;/h6,10-11,13-14,20H,2-5,7-9H2,1H3;1H/t13-,14+;/m1./s1. The van der Waals surface area contributed by atoms with Gasteiger partial charge in [-0.1, -0.05) is 0 Å². The van der Waals surface area contributed by atoms with Gasteiger partial charge in [0, 0.05) is 45.3 Å². The number of carbonyl (C=O) groups is 1. The summed E-state index contributed by atoms with van der Waals surface area (Å²) in [6.45, 7) is 1.37. The van der Waals surface area contributed by atoms with Crippen molar-refractivity contribution in [3.8, 4) is 0 Å². The van der Waals surface area contributed by atoms with E-state index >= 15 is 0 Å². The van der Waals surface area contributed by atoms with Crippen LogP contribution in [0.2, 0.25) is 0 Å². The molecule has 1 amide bonds. The number of hydrogen-bond donors (Lipinski definition) is 1. The van der Waals surface area contributed by atoms with Gasteiger partial charge in [0.2, 0.25) is 5.91 Å². The monoisotopic (exact) mass is 380 g/mol. The quantitative estimate of drug-likeness (QED) is 0.824. The van der Waals surface area contributed by atoms with Crippen molar-refractivity contribution in [2.24, 2.45) is 18.9 Å². The van der Waals surface area contributed by atoms with Gasteiger partial charge in [0.15, 0.2) is 0 Å². The van der Waals surface area contributed by atoms with Crippen LogP contribution in [0, 0.1) is 11.8 Å². The molecule has 0 aromatic carbocycles. The molecule has 1 aromatic rings. The second-order valence-electron chi connectivity index (χ2n) is 6.91. The number of halogens is 4. The van der Waals surface area contributed by atoms with Crippen molar-refractivity contribution in [2.45, 2.75) is 31.4 Å². The molecule has 0 bridgehead atoms. The molecular weight excluding hydrogens is 357 g/mol. The summed E-state index contributed by atoms with van der Waals surface area (Å²) in [6.07, 6.45) is 0.440. The van der Waals surface area contributed by atoms with Crippen molar-refractivity contribution >= 4 is 18.3 Å². The molecule has 0 spiro atoms. The van der Waals surface area contributed by atoms with E-state index in [1.54, 1.807) is 10.9 Å². The van der Waals surface area contributed by atoms with Crippen molar-refractivity contribution in [1.29, 1.82) is 0 Å². The number of rotatable bonds is 6. The Balaban J connectivity index is 0.00000225. The molecular formula is C16H24ClF3N4O. The summed E-state index contributed by atoms with van der Waals surface area (Å²) >= 11 is 0. The molecule has 2 atom stereocenters. The summed E-state index contributed by atoms with van der Waals surface area (Å²) < 4.78 is 39.5. The first-order valence-corrected chi connectivity index (χ1v) is 8.38. The topological polar surface area (TPSA) is 50.2 Å². The van der Waals surface area contributed by atoms with E-state index in [9.17, 15) is 18.0 Å². The third kappa shape index (κ3) is 5.34. The number of nitrogens with zero attached hydrogens (tertiary/aromatic N) is 3. The minimum Gasteiger partial charge on any atom is -0.342 e. The summed E-state index contributed by atoms with van der Waals surface area (Å²) in [4.78, 5) is 14.3. The van der Waals surface area contributed by atoms with Gasteiger partial charge in [-0.3, -0.25) is 9.48 Å². The Hall–Kier alpha value is -1.28. The minimum atomic E-state index is -4.24. The zero-order chi connectivity index (χ0) is 17.3. The van der Waals surface area contributed by atoms with Gasteiger partial charge >= 0.3 is 6.18 Å². The fraction of sp³-hybridized carbons (Fsp3) is 0.750. The Morgan fingerprint density at radius 3 is 2.68 bits per heavy atom. The van der Waals surface area contributed by atoms with Gasteiger partial charge in [0.25, 0.3) is 0 Å². The van der Waals surface area contributed by atoms with E-state index in [-0.39, 0.29) is 36.7 Å². The van der Waals surface area contributed by atoms with Crippen LogP contribution >= 0.6 is 12.4 Å². The highest BCUT2D eigenvalue weighted by atomic mass is 35.5. The first-order valence-electron chi connectivity index (χ1n) is 8.38. The number of nitrogens with one attached hydrogen (secondary N) is 1. The van der Waals surface area contributed by atoms with Crippen LogP contribution in [0.1, 0.15) is 30.7 Å². The predicted octanol–water partition coefficient (Wildman–Crippen LogP) is 2.34. The normalized spacial score (nSPS) is 23.4. The summed E-state index contributed by atoms with van der Waals surface area (Å²) in [5, 5.41) is 7.34. The van der Waals surface area contributed by atoms with Gasteiger partial charge in [0.1, 0.15) is 0 Å². The van der Waals surface area contributed by atoms with E-state index in [0.717, 1.165) is 18.4 Å². The molecule has 1 aromatic heterocycles. The first kappa shape index (κ1) is 20.0. The van der Waals surface area contributed by atoms with Gasteiger partial charge < -0.3 is 10.2 Å².